The summed E-state index contributed by atoms with van der Waals surface area (Å²) in [6.45, 7) is 0.878. The summed E-state index contributed by atoms with van der Waals surface area (Å²) in [5.41, 5.74) is 5.16. The van der Waals surface area contributed by atoms with Crippen molar-refractivity contribution in [2.45, 2.75) is 18.9 Å². The van der Waals surface area contributed by atoms with Gasteiger partial charge in [0, 0.05) is 12.4 Å². The molecule has 1 fully saturated rings. The lowest BCUT2D eigenvalue weighted by atomic mass is 10.3. The Kier molecular flexibility index (Phi) is 3.02. The second-order valence-electron chi connectivity index (χ2n) is 2.31. The minimum absolute atomic E-state index is 0.190. The lowest BCUT2D eigenvalue weighted by molar-refractivity contribution is 0.129. The number of nitrogens with two attached hydrogens (primary N) is 1. The molecule has 0 aromatic carbocycles. The summed E-state index contributed by atoms with van der Waals surface area (Å²) >= 11 is 1.36. The first kappa shape index (κ1) is 7.88. The monoisotopic (exact) mass is 160 g/mol. The average molecular weight is 160 g/mol. The predicted octanol–water partition coefficient (Wildman–Crippen LogP) is 0.792. The van der Waals surface area contributed by atoms with E-state index in [1.54, 1.807) is 0 Å². The zero-order valence-electron chi connectivity index (χ0n) is 5.80. The van der Waals surface area contributed by atoms with E-state index in [0.717, 1.165) is 25.2 Å². The first-order chi connectivity index (χ1) is 4.79. The van der Waals surface area contributed by atoms with Crippen LogP contribution in [0.15, 0.2) is 0 Å². The van der Waals surface area contributed by atoms with Crippen LogP contribution in [0, 0.1) is 5.41 Å². The Hall–Kier alpha value is -0.220. The van der Waals surface area contributed by atoms with Crippen molar-refractivity contribution in [3.05, 3.63) is 0 Å². The molecular formula is C6H12N2OS. The molecule has 4 heteroatoms. The van der Waals surface area contributed by atoms with Crippen LogP contribution in [0.1, 0.15) is 12.8 Å². The van der Waals surface area contributed by atoms with E-state index in [2.05, 4.69) is 0 Å². The molecule has 3 N–H and O–H groups in total. The minimum Gasteiger partial charge on any atom is -0.379 e. The van der Waals surface area contributed by atoms with Crippen molar-refractivity contribution >= 4 is 16.9 Å². The highest BCUT2D eigenvalue weighted by Gasteiger charge is 2.15. The molecule has 1 atom stereocenters. The normalized spacial score (nSPS) is 25.0. The molecule has 0 aliphatic carbocycles. The predicted molar refractivity (Wildman–Crippen MR) is 43.3 cm³/mol. The molecule has 0 bridgehead atoms. The number of ether oxygens (including phenoxy) is 1. The molecule has 0 aromatic heterocycles. The van der Waals surface area contributed by atoms with E-state index in [0.29, 0.717) is 6.10 Å². The van der Waals surface area contributed by atoms with Crippen LogP contribution in [0.5, 0.6) is 0 Å². The number of thioether (sulfide) groups is 1. The summed E-state index contributed by atoms with van der Waals surface area (Å²) < 4.78 is 5.33. The van der Waals surface area contributed by atoms with Crippen LogP contribution in [0.2, 0.25) is 0 Å². The highest BCUT2D eigenvalue weighted by molar-refractivity contribution is 8.13. The van der Waals surface area contributed by atoms with Crippen LogP contribution in [0.25, 0.3) is 0 Å². The number of nitrogens with one attached hydrogen (secondary N) is 1. The Bertz CT molecular complexity index is 123. The molecule has 1 saturated heterocycles. The molecule has 10 heavy (non-hydrogen) atoms. The lowest BCUT2D eigenvalue weighted by Crippen LogP contribution is -2.13. The maximum Gasteiger partial charge on any atom is 0.151 e. The minimum atomic E-state index is 0.190. The summed E-state index contributed by atoms with van der Waals surface area (Å²) in [6, 6.07) is 0. The Morgan fingerprint density at radius 2 is 2.60 bits per heavy atom. The van der Waals surface area contributed by atoms with Gasteiger partial charge in [-0.2, -0.15) is 0 Å². The molecule has 0 saturated carbocycles. The van der Waals surface area contributed by atoms with Crippen molar-refractivity contribution in [2.24, 2.45) is 5.73 Å². The average Bonchev–Trinajstić information content (AvgIpc) is 2.34. The summed E-state index contributed by atoms with van der Waals surface area (Å²) in [5.74, 6) is 0.843. The van der Waals surface area contributed by atoms with E-state index in [4.69, 9.17) is 15.9 Å². The van der Waals surface area contributed by atoms with Gasteiger partial charge in [0.25, 0.3) is 0 Å². The molecule has 1 rings (SSSR count). The second-order valence-corrected chi connectivity index (χ2v) is 3.37. The van der Waals surface area contributed by atoms with Gasteiger partial charge in [-0.15, -0.1) is 0 Å². The second kappa shape index (κ2) is 3.83. The Balaban J connectivity index is 2.07. The molecular weight excluding hydrogens is 148 g/mol. The Labute approximate surface area is 64.8 Å². The van der Waals surface area contributed by atoms with Gasteiger partial charge >= 0.3 is 0 Å². The van der Waals surface area contributed by atoms with Crippen molar-refractivity contribution in [3.8, 4) is 0 Å². The first-order valence-corrected chi connectivity index (χ1v) is 4.36. The van der Waals surface area contributed by atoms with E-state index in [-0.39, 0.29) is 5.17 Å². The zero-order chi connectivity index (χ0) is 7.40. The van der Waals surface area contributed by atoms with Crippen LogP contribution >= 0.6 is 11.8 Å². The van der Waals surface area contributed by atoms with Crippen molar-refractivity contribution in [1.29, 1.82) is 5.41 Å². The maximum atomic E-state index is 6.94. The van der Waals surface area contributed by atoms with E-state index < -0.39 is 0 Å². The molecule has 1 aliphatic heterocycles. The van der Waals surface area contributed by atoms with Gasteiger partial charge < -0.3 is 10.5 Å². The quantitative estimate of drug-likeness (QED) is 0.464. The van der Waals surface area contributed by atoms with Crippen LogP contribution < -0.4 is 5.73 Å². The third kappa shape index (κ3) is 2.58. The summed E-state index contributed by atoms with van der Waals surface area (Å²) in [5, 5.41) is 7.13. The third-order valence-corrected chi connectivity index (χ3v) is 2.30. The number of hydrogen-bond acceptors (Lipinski definition) is 3. The smallest absolute Gasteiger partial charge is 0.151 e. The maximum absolute atomic E-state index is 6.94. The van der Waals surface area contributed by atoms with Crippen molar-refractivity contribution in [2.75, 3.05) is 12.4 Å². The number of rotatable bonds is 2. The fourth-order valence-corrected chi connectivity index (χ4v) is 1.59. The van der Waals surface area contributed by atoms with Crippen LogP contribution in [-0.4, -0.2) is 23.6 Å². The third-order valence-electron chi connectivity index (χ3n) is 1.45. The molecule has 1 aliphatic rings. The van der Waals surface area contributed by atoms with E-state index >= 15 is 0 Å². The van der Waals surface area contributed by atoms with Gasteiger partial charge in [0.15, 0.2) is 5.17 Å². The van der Waals surface area contributed by atoms with Crippen LogP contribution in [0.4, 0.5) is 0 Å². The van der Waals surface area contributed by atoms with Crippen molar-refractivity contribution in [3.63, 3.8) is 0 Å². The van der Waals surface area contributed by atoms with Gasteiger partial charge in [-0.05, 0) is 12.8 Å². The van der Waals surface area contributed by atoms with Crippen molar-refractivity contribution < 1.29 is 4.74 Å². The zero-order valence-corrected chi connectivity index (χ0v) is 6.62. The largest absolute Gasteiger partial charge is 0.379 e. The van der Waals surface area contributed by atoms with Gasteiger partial charge in [0.2, 0.25) is 0 Å². The van der Waals surface area contributed by atoms with Crippen molar-refractivity contribution in [1.82, 2.24) is 0 Å². The van der Waals surface area contributed by atoms with Gasteiger partial charge in [-0.25, -0.2) is 0 Å². The highest BCUT2D eigenvalue weighted by Crippen LogP contribution is 2.16. The first-order valence-electron chi connectivity index (χ1n) is 3.37. The van der Waals surface area contributed by atoms with E-state index in [1.807, 2.05) is 0 Å². The van der Waals surface area contributed by atoms with Crippen LogP contribution in [-0.2, 0) is 4.74 Å². The Morgan fingerprint density at radius 1 is 1.80 bits per heavy atom. The summed E-state index contributed by atoms with van der Waals surface area (Å²) in [4.78, 5) is 0. The fraction of sp³-hybridized carbons (Fsp3) is 0.833. The van der Waals surface area contributed by atoms with Gasteiger partial charge in [0.05, 0.1) is 6.10 Å². The molecule has 1 heterocycles. The number of amidine groups is 1. The molecule has 0 unspecified atom stereocenters. The van der Waals surface area contributed by atoms with Crippen LogP contribution in [0.3, 0.4) is 0 Å². The van der Waals surface area contributed by atoms with E-state index in [1.165, 1.54) is 11.8 Å². The molecule has 0 radical (unpaired) electrons. The molecule has 0 spiro atoms. The summed E-state index contributed by atoms with van der Waals surface area (Å²) in [7, 11) is 0. The molecule has 0 aromatic rings. The topological polar surface area (TPSA) is 59.1 Å². The molecule has 3 nitrogen and oxygen atoms in total. The van der Waals surface area contributed by atoms with Gasteiger partial charge in [0.1, 0.15) is 0 Å². The Morgan fingerprint density at radius 3 is 3.10 bits per heavy atom. The molecule has 58 valence electrons. The lowest BCUT2D eigenvalue weighted by Gasteiger charge is -2.06. The molecule has 0 amide bonds. The van der Waals surface area contributed by atoms with Gasteiger partial charge in [-0.3, -0.25) is 5.41 Å². The number of hydrogen-bond donors (Lipinski definition) is 2. The summed E-state index contributed by atoms with van der Waals surface area (Å²) in [6.07, 6.45) is 2.62. The fourth-order valence-electron chi connectivity index (χ4n) is 0.959. The standard InChI is InChI=1S/C6H12N2OS/c7-6(8)10-4-5-2-1-3-9-5/h5H,1-4H2,(H3,7,8)/t5-/m0/s1. The van der Waals surface area contributed by atoms with E-state index in [9.17, 15) is 0 Å². The van der Waals surface area contributed by atoms with Gasteiger partial charge in [-0.1, -0.05) is 11.8 Å². The SMILES string of the molecule is N=C(N)SC[C@@H]1CCCO1. The highest BCUT2D eigenvalue weighted by atomic mass is 32.2.